The third-order valence-electron chi connectivity index (χ3n) is 5.81. The van der Waals surface area contributed by atoms with Crippen LogP contribution in [-0.2, 0) is 16.1 Å². The van der Waals surface area contributed by atoms with E-state index in [-0.39, 0.29) is 5.97 Å². The Bertz CT molecular complexity index is 1220. The standard InChI is InChI=1S/C27H32N4O4/c1-5-7-13-34-26(32)24-19(4)30-27-28-17-29-31(27)25(24)21-11-12-22(23(15-21)33-6-2)35-16-20-10-8-9-18(3)14-20/h8-12,14-15,17,25H,5-7,13,16H2,1-4H3,(H,28,29,30). The van der Waals surface area contributed by atoms with E-state index in [0.717, 1.165) is 24.0 Å². The van der Waals surface area contributed by atoms with E-state index in [2.05, 4.69) is 41.4 Å². The second kappa shape index (κ2) is 11.1. The van der Waals surface area contributed by atoms with E-state index in [1.54, 1.807) is 4.68 Å². The lowest BCUT2D eigenvalue weighted by atomic mass is 9.95. The first-order chi connectivity index (χ1) is 17.0. The lowest BCUT2D eigenvalue weighted by Gasteiger charge is -2.28. The molecule has 2 aromatic carbocycles. The van der Waals surface area contributed by atoms with Crippen LogP contribution in [0.1, 0.15) is 56.3 Å². The van der Waals surface area contributed by atoms with Crippen LogP contribution in [0.2, 0.25) is 0 Å². The zero-order chi connectivity index (χ0) is 24.8. The van der Waals surface area contributed by atoms with Crippen molar-refractivity contribution in [3.05, 3.63) is 76.8 Å². The number of anilines is 1. The van der Waals surface area contributed by atoms with Crippen LogP contribution in [0.25, 0.3) is 0 Å². The highest BCUT2D eigenvalue weighted by Gasteiger charge is 2.34. The summed E-state index contributed by atoms with van der Waals surface area (Å²) < 4.78 is 19.3. The topological polar surface area (TPSA) is 87.5 Å². The number of hydrogen-bond acceptors (Lipinski definition) is 7. The molecule has 1 aromatic heterocycles. The van der Waals surface area contributed by atoms with Crippen molar-refractivity contribution in [1.29, 1.82) is 0 Å². The number of carbonyl (C=O) groups is 1. The number of carbonyl (C=O) groups excluding carboxylic acids is 1. The van der Waals surface area contributed by atoms with Crippen molar-refractivity contribution in [3.63, 3.8) is 0 Å². The van der Waals surface area contributed by atoms with Gasteiger partial charge in [0.05, 0.1) is 18.8 Å². The van der Waals surface area contributed by atoms with Gasteiger partial charge in [-0.25, -0.2) is 9.48 Å². The number of unbranched alkanes of at least 4 members (excludes halogenated alkanes) is 1. The molecule has 1 atom stereocenters. The fourth-order valence-corrected chi connectivity index (χ4v) is 4.10. The lowest BCUT2D eigenvalue weighted by Crippen LogP contribution is -2.29. The second-order valence-electron chi connectivity index (χ2n) is 8.50. The van der Waals surface area contributed by atoms with Crippen LogP contribution in [0.15, 0.2) is 60.1 Å². The molecular formula is C27H32N4O4. The van der Waals surface area contributed by atoms with E-state index in [1.807, 2.05) is 44.2 Å². The Morgan fingerprint density at radius 2 is 1.94 bits per heavy atom. The minimum atomic E-state index is -0.507. The van der Waals surface area contributed by atoms with E-state index in [0.29, 0.717) is 48.5 Å². The molecule has 4 rings (SSSR count). The Balaban J connectivity index is 1.66. The number of aryl methyl sites for hydroxylation is 1. The van der Waals surface area contributed by atoms with Gasteiger partial charge in [0, 0.05) is 5.70 Å². The number of ether oxygens (including phenoxy) is 3. The van der Waals surface area contributed by atoms with Gasteiger partial charge in [0.15, 0.2) is 11.5 Å². The maximum Gasteiger partial charge on any atom is 0.338 e. The Hall–Kier alpha value is -3.81. The molecule has 8 heteroatoms. The van der Waals surface area contributed by atoms with Gasteiger partial charge in [0.2, 0.25) is 5.95 Å². The number of nitrogens with one attached hydrogen (secondary N) is 1. The van der Waals surface area contributed by atoms with Gasteiger partial charge in [0.1, 0.15) is 19.0 Å². The quantitative estimate of drug-likeness (QED) is 0.318. The molecule has 1 aliphatic rings. The molecule has 1 aliphatic heterocycles. The van der Waals surface area contributed by atoms with Crippen molar-refractivity contribution in [2.45, 2.75) is 53.2 Å². The van der Waals surface area contributed by atoms with Crippen molar-refractivity contribution in [2.75, 3.05) is 18.5 Å². The van der Waals surface area contributed by atoms with E-state index < -0.39 is 6.04 Å². The van der Waals surface area contributed by atoms with Gasteiger partial charge >= 0.3 is 5.97 Å². The van der Waals surface area contributed by atoms with E-state index in [1.165, 1.54) is 11.9 Å². The summed E-state index contributed by atoms with van der Waals surface area (Å²) in [7, 11) is 0. The summed E-state index contributed by atoms with van der Waals surface area (Å²) in [5.74, 6) is 1.44. The van der Waals surface area contributed by atoms with Crippen molar-refractivity contribution < 1.29 is 19.0 Å². The number of rotatable bonds is 10. The molecule has 3 aromatic rings. The van der Waals surface area contributed by atoms with Crippen molar-refractivity contribution in [1.82, 2.24) is 14.8 Å². The van der Waals surface area contributed by atoms with E-state index >= 15 is 0 Å². The minimum Gasteiger partial charge on any atom is -0.490 e. The van der Waals surface area contributed by atoms with Gasteiger partial charge in [-0.2, -0.15) is 10.1 Å². The minimum absolute atomic E-state index is 0.368. The van der Waals surface area contributed by atoms with E-state index in [9.17, 15) is 4.79 Å². The Kier molecular flexibility index (Phi) is 7.70. The van der Waals surface area contributed by atoms with E-state index in [4.69, 9.17) is 14.2 Å². The summed E-state index contributed by atoms with van der Waals surface area (Å²) >= 11 is 0. The highest BCUT2D eigenvalue weighted by atomic mass is 16.5. The molecule has 8 nitrogen and oxygen atoms in total. The van der Waals surface area contributed by atoms with Crippen molar-refractivity contribution in [2.24, 2.45) is 0 Å². The predicted molar refractivity (Wildman–Crippen MR) is 133 cm³/mol. The number of aromatic nitrogens is 3. The van der Waals surface area contributed by atoms with Gasteiger partial charge in [-0.15, -0.1) is 0 Å². The monoisotopic (exact) mass is 476 g/mol. The molecule has 0 saturated carbocycles. The molecular weight excluding hydrogens is 444 g/mol. The molecule has 0 fully saturated rings. The summed E-state index contributed by atoms with van der Waals surface area (Å²) in [5.41, 5.74) is 4.27. The molecule has 0 radical (unpaired) electrons. The Morgan fingerprint density at radius 3 is 2.71 bits per heavy atom. The number of esters is 1. The maximum atomic E-state index is 13.1. The molecule has 0 spiro atoms. The van der Waals surface area contributed by atoms with Gasteiger partial charge in [0.25, 0.3) is 0 Å². The van der Waals surface area contributed by atoms with Crippen molar-refractivity contribution in [3.8, 4) is 11.5 Å². The highest BCUT2D eigenvalue weighted by molar-refractivity contribution is 5.92. The smallest absolute Gasteiger partial charge is 0.338 e. The highest BCUT2D eigenvalue weighted by Crippen LogP contribution is 2.39. The van der Waals surface area contributed by atoms with Crippen LogP contribution in [-0.4, -0.2) is 33.9 Å². The van der Waals surface area contributed by atoms with Crippen LogP contribution < -0.4 is 14.8 Å². The third-order valence-corrected chi connectivity index (χ3v) is 5.81. The maximum absolute atomic E-state index is 13.1. The number of hydrogen-bond donors (Lipinski definition) is 1. The normalized spacial score (nSPS) is 14.8. The number of fused-ring (bicyclic) bond motifs is 1. The van der Waals surface area contributed by atoms with Gasteiger partial charge < -0.3 is 19.5 Å². The fourth-order valence-electron chi connectivity index (χ4n) is 4.10. The summed E-state index contributed by atoms with van der Waals surface area (Å²) in [5, 5.41) is 7.56. The Morgan fingerprint density at radius 1 is 1.09 bits per heavy atom. The summed E-state index contributed by atoms with van der Waals surface area (Å²) in [6, 6.07) is 13.4. The fraction of sp³-hybridized carbons (Fsp3) is 0.370. The van der Waals surface area contributed by atoms with Crippen LogP contribution in [0.4, 0.5) is 5.95 Å². The average Bonchev–Trinajstić information content (AvgIpc) is 3.30. The SMILES string of the molecule is CCCCOC(=O)C1=C(C)Nc2ncnn2C1c1ccc(OCc2cccc(C)c2)c(OCC)c1. The lowest BCUT2D eigenvalue weighted by molar-refractivity contribution is -0.139. The molecule has 2 heterocycles. The predicted octanol–water partition coefficient (Wildman–Crippen LogP) is 5.20. The Labute approximate surface area is 205 Å². The van der Waals surface area contributed by atoms with Crippen LogP contribution >= 0.6 is 0 Å². The van der Waals surface area contributed by atoms with Gasteiger partial charge in [-0.3, -0.25) is 0 Å². The first-order valence-electron chi connectivity index (χ1n) is 12.0. The number of allylic oxidation sites excluding steroid dienone is 1. The summed E-state index contributed by atoms with van der Waals surface area (Å²) in [6.45, 7) is 9.17. The third kappa shape index (κ3) is 5.48. The first-order valence-corrected chi connectivity index (χ1v) is 12.0. The first kappa shape index (κ1) is 24.3. The molecule has 1 N–H and O–H groups in total. The number of nitrogens with zero attached hydrogens (tertiary/aromatic N) is 3. The van der Waals surface area contributed by atoms with Gasteiger partial charge in [-0.1, -0.05) is 49.2 Å². The second-order valence-corrected chi connectivity index (χ2v) is 8.50. The molecule has 0 amide bonds. The van der Waals surface area contributed by atoms with Gasteiger partial charge in [-0.05, 0) is 50.5 Å². The zero-order valence-corrected chi connectivity index (χ0v) is 20.7. The summed E-state index contributed by atoms with van der Waals surface area (Å²) in [4.78, 5) is 17.4. The van der Waals surface area contributed by atoms with Crippen LogP contribution in [0, 0.1) is 6.92 Å². The molecule has 0 bridgehead atoms. The molecule has 1 unspecified atom stereocenters. The van der Waals surface area contributed by atoms with Crippen LogP contribution in [0.3, 0.4) is 0 Å². The van der Waals surface area contributed by atoms with Crippen LogP contribution in [0.5, 0.6) is 11.5 Å². The molecule has 0 aliphatic carbocycles. The van der Waals surface area contributed by atoms with Crippen molar-refractivity contribution >= 4 is 11.9 Å². The largest absolute Gasteiger partial charge is 0.490 e. The summed E-state index contributed by atoms with van der Waals surface area (Å²) in [6.07, 6.45) is 3.23. The molecule has 35 heavy (non-hydrogen) atoms. The zero-order valence-electron chi connectivity index (χ0n) is 20.7. The number of benzene rings is 2. The molecule has 184 valence electrons. The average molecular weight is 477 g/mol. The molecule has 0 saturated heterocycles.